The minimum atomic E-state index is -0.688. The molecular formula is C17H21BrN2O3S. The number of thioether (sulfide) groups is 1. The lowest BCUT2D eigenvalue weighted by Gasteiger charge is -2.18. The second-order valence-corrected chi connectivity index (χ2v) is 8.64. The van der Waals surface area contributed by atoms with Gasteiger partial charge in [-0.05, 0) is 25.1 Å². The fourth-order valence-corrected chi connectivity index (χ4v) is 3.59. The van der Waals surface area contributed by atoms with E-state index in [4.69, 9.17) is 0 Å². The van der Waals surface area contributed by atoms with Gasteiger partial charge < -0.3 is 5.11 Å². The molecule has 0 radical (unpaired) electrons. The highest BCUT2D eigenvalue weighted by atomic mass is 79.9. The third-order valence-electron chi connectivity index (χ3n) is 3.50. The molecule has 1 N–H and O–H groups in total. The van der Waals surface area contributed by atoms with Crippen LogP contribution in [0.3, 0.4) is 0 Å². The SMILES string of the molecule is C[C@@H](O)Cn1c(SCC(=O)C(C)(C)C)nc2ccc(Br)cc2c1=O. The molecule has 24 heavy (non-hydrogen) atoms. The summed E-state index contributed by atoms with van der Waals surface area (Å²) in [6, 6.07) is 5.31. The van der Waals surface area contributed by atoms with Crippen LogP contribution >= 0.6 is 27.7 Å². The number of Topliss-reactive ketones (excluding diaryl/α,β-unsaturated/α-hetero) is 1. The average molecular weight is 413 g/mol. The van der Waals surface area contributed by atoms with E-state index in [2.05, 4.69) is 20.9 Å². The molecule has 0 aliphatic heterocycles. The molecule has 0 bridgehead atoms. The molecule has 2 rings (SSSR count). The van der Waals surface area contributed by atoms with Crippen LogP contribution in [0.2, 0.25) is 0 Å². The molecule has 1 heterocycles. The molecule has 0 spiro atoms. The molecule has 1 aromatic heterocycles. The number of carbonyl (C=O) groups excluding carboxylic acids is 1. The number of aromatic nitrogens is 2. The van der Waals surface area contributed by atoms with Crippen molar-refractivity contribution in [3.05, 3.63) is 33.0 Å². The molecule has 0 saturated heterocycles. The maximum atomic E-state index is 12.8. The Morgan fingerprint density at radius 2 is 2.08 bits per heavy atom. The van der Waals surface area contributed by atoms with Crippen LogP contribution in [0.5, 0.6) is 0 Å². The zero-order valence-corrected chi connectivity index (χ0v) is 16.6. The van der Waals surface area contributed by atoms with E-state index >= 15 is 0 Å². The number of halogens is 1. The Balaban J connectivity index is 2.49. The number of aliphatic hydroxyl groups is 1. The van der Waals surface area contributed by atoms with Crippen molar-refractivity contribution in [2.45, 2.75) is 45.5 Å². The molecule has 2 aromatic rings. The van der Waals surface area contributed by atoms with E-state index in [1.165, 1.54) is 16.3 Å². The number of nitrogens with zero attached hydrogens (tertiary/aromatic N) is 2. The second kappa shape index (κ2) is 7.37. The summed E-state index contributed by atoms with van der Waals surface area (Å²) in [7, 11) is 0. The smallest absolute Gasteiger partial charge is 0.262 e. The van der Waals surface area contributed by atoms with Gasteiger partial charge in [0.15, 0.2) is 5.16 Å². The van der Waals surface area contributed by atoms with Crippen molar-refractivity contribution in [3.8, 4) is 0 Å². The fourth-order valence-electron chi connectivity index (χ4n) is 2.05. The van der Waals surface area contributed by atoms with Gasteiger partial charge in [0.05, 0.1) is 29.3 Å². The minimum Gasteiger partial charge on any atom is -0.392 e. The van der Waals surface area contributed by atoms with Gasteiger partial charge in [0, 0.05) is 9.89 Å². The van der Waals surface area contributed by atoms with E-state index in [0.29, 0.717) is 16.1 Å². The molecule has 5 nitrogen and oxygen atoms in total. The summed E-state index contributed by atoms with van der Waals surface area (Å²) >= 11 is 4.59. The second-order valence-electron chi connectivity index (χ2n) is 6.78. The third-order valence-corrected chi connectivity index (χ3v) is 4.97. The summed E-state index contributed by atoms with van der Waals surface area (Å²) in [5.41, 5.74) is -0.0759. The Bertz CT molecular complexity index is 825. The average Bonchev–Trinajstić information content (AvgIpc) is 2.47. The van der Waals surface area contributed by atoms with Crippen LogP contribution in [0.1, 0.15) is 27.7 Å². The van der Waals surface area contributed by atoms with Crippen LogP contribution in [0.15, 0.2) is 32.6 Å². The monoisotopic (exact) mass is 412 g/mol. The molecule has 7 heteroatoms. The van der Waals surface area contributed by atoms with Crippen molar-refractivity contribution in [1.82, 2.24) is 9.55 Å². The first kappa shape index (κ1) is 19.1. The molecule has 0 aliphatic rings. The highest BCUT2D eigenvalue weighted by molar-refractivity contribution is 9.10. The lowest BCUT2D eigenvalue weighted by atomic mass is 9.92. The van der Waals surface area contributed by atoms with Crippen LogP contribution in [-0.4, -0.2) is 32.3 Å². The summed E-state index contributed by atoms with van der Waals surface area (Å²) < 4.78 is 2.24. The van der Waals surface area contributed by atoms with E-state index in [1.807, 2.05) is 26.8 Å². The highest BCUT2D eigenvalue weighted by Gasteiger charge is 2.22. The first-order valence-corrected chi connectivity index (χ1v) is 9.41. The third kappa shape index (κ3) is 4.46. The normalized spacial score (nSPS) is 13.2. The number of hydrogen-bond acceptors (Lipinski definition) is 5. The lowest BCUT2D eigenvalue weighted by molar-refractivity contribution is -0.123. The van der Waals surface area contributed by atoms with E-state index in [1.54, 1.807) is 19.1 Å². The zero-order chi connectivity index (χ0) is 18.1. The van der Waals surface area contributed by atoms with Crippen LogP contribution in [-0.2, 0) is 11.3 Å². The van der Waals surface area contributed by atoms with E-state index in [0.717, 1.165) is 4.47 Å². The van der Waals surface area contributed by atoms with Crippen molar-refractivity contribution in [2.75, 3.05) is 5.75 Å². The summed E-state index contributed by atoms with van der Waals surface area (Å²) in [5, 5.41) is 10.7. The molecule has 0 saturated carbocycles. The minimum absolute atomic E-state index is 0.0845. The standard InChI is InChI=1S/C17H21BrN2O3S/c1-10(21)8-20-15(23)12-7-11(18)5-6-13(12)19-16(20)24-9-14(22)17(2,3)4/h5-7,10,21H,8-9H2,1-4H3/t10-/m1/s1. The largest absolute Gasteiger partial charge is 0.392 e. The summed E-state index contributed by atoms with van der Waals surface area (Å²) in [6.07, 6.45) is -0.688. The molecule has 0 unspecified atom stereocenters. The van der Waals surface area contributed by atoms with E-state index in [9.17, 15) is 14.7 Å². The molecule has 130 valence electrons. The summed E-state index contributed by atoms with van der Waals surface area (Å²) in [4.78, 5) is 29.5. The molecule has 0 amide bonds. The first-order chi connectivity index (χ1) is 11.1. The lowest BCUT2D eigenvalue weighted by Crippen LogP contribution is -2.28. The van der Waals surface area contributed by atoms with Gasteiger partial charge in [-0.25, -0.2) is 4.98 Å². The Hall–Kier alpha value is -1.18. The van der Waals surface area contributed by atoms with Crippen LogP contribution < -0.4 is 5.56 Å². The Labute approximate surface area is 153 Å². The summed E-state index contributed by atoms with van der Waals surface area (Å²) in [6.45, 7) is 7.35. The van der Waals surface area contributed by atoms with Crippen LogP contribution in [0.25, 0.3) is 10.9 Å². The number of fused-ring (bicyclic) bond motifs is 1. The molecule has 0 fully saturated rings. The molecular weight excluding hydrogens is 392 g/mol. The number of benzene rings is 1. The van der Waals surface area contributed by atoms with Gasteiger partial charge >= 0.3 is 0 Å². The Morgan fingerprint density at radius 3 is 2.67 bits per heavy atom. The number of rotatable bonds is 5. The van der Waals surface area contributed by atoms with E-state index in [-0.39, 0.29) is 23.6 Å². The maximum absolute atomic E-state index is 12.8. The van der Waals surface area contributed by atoms with Gasteiger partial charge in [-0.15, -0.1) is 0 Å². The number of carbonyl (C=O) groups is 1. The number of aliphatic hydroxyl groups excluding tert-OH is 1. The Morgan fingerprint density at radius 1 is 1.42 bits per heavy atom. The fraction of sp³-hybridized carbons (Fsp3) is 0.471. The highest BCUT2D eigenvalue weighted by Crippen LogP contribution is 2.24. The predicted octanol–water partition coefficient (Wildman–Crippen LogP) is 3.25. The van der Waals surface area contributed by atoms with Crippen molar-refractivity contribution in [2.24, 2.45) is 5.41 Å². The topological polar surface area (TPSA) is 72.2 Å². The molecule has 0 aliphatic carbocycles. The molecule has 1 atom stereocenters. The van der Waals surface area contributed by atoms with Gasteiger partial charge in [-0.1, -0.05) is 48.5 Å². The van der Waals surface area contributed by atoms with Crippen LogP contribution in [0, 0.1) is 5.41 Å². The quantitative estimate of drug-likeness (QED) is 0.602. The Kier molecular flexibility index (Phi) is 5.88. The van der Waals surface area contributed by atoms with Gasteiger partial charge in [-0.3, -0.25) is 14.2 Å². The number of ketones is 1. The van der Waals surface area contributed by atoms with Gasteiger partial charge in [0.25, 0.3) is 5.56 Å². The zero-order valence-electron chi connectivity index (χ0n) is 14.2. The van der Waals surface area contributed by atoms with Crippen molar-refractivity contribution < 1.29 is 9.90 Å². The maximum Gasteiger partial charge on any atom is 0.262 e. The van der Waals surface area contributed by atoms with Crippen molar-refractivity contribution >= 4 is 44.4 Å². The van der Waals surface area contributed by atoms with Gasteiger partial charge in [0.2, 0.25) is 0 Å². The summed E-state index contributed by atoms with van der Waals surface area (Å²) in [5.74, 6) is 0.318. The van der Waals surface area contributed by atoms with Crippen LogP contribution in [0.4, 0.5) is 0 Å². The predicted molar refractivity (Wildman–Crippen MR) is 101 cm³/mol. The number of hydrogen-bond donors (Lipinski definition) is 1. The van der Waals surface area contributed by atoms with Crippen molar-refractivity contribution in [3.63, 3.8) is 0 Å². The first-order valence-electron chi connectivity index (χ1n) is 7.64. The van der Waals surface area contributed by atoms with E-state index < -0.39 is 11.5 Å². The van der Waals surface area contributed by atoms with Crippen molar-refractivity contribution in [1.29, 1.82) is 0 Å². The van der Waals surface area contributed by atoms with Gasteiger partial charge in [0.1, 0.15) is 5.78 Å². The molecule has 1 aromatic carbocycles. The van der Waals surface area contributed by atoms with Gasteiger partial charge in [-0.2, -0.15) is 0 Å².